The van der Waals surface area contributed by atoms with Crippen molar-refractivity contribution in [3.05, 3.63) is 45.3 Å². The lowest BCUT2D eigenvalue weighted by Crippen LogP contribution is -2.11. The van der Waals surface area contributed by atoms with Crippen molar-refractivity contribution >= 4 is 56.2 Å². The highest BCUT2D eigenvalue weighted by atomic mass is 35.5. The van der Waals surface area contributed by atoms with Crippen molar-refractivity contribution in [2.75, 3.05) is 4.72 Å². The summed E-state index contributed by atoms with van der Waals surface area (Å²) in [5, 5.41) is 9.36. The zero-order valence-corrected chi connectivity index (χ0v) is 12.8. The van der Waals surface area contributed by atoms with Crippen LogP contribution in [0.5, 0.6) is 0 Å². The Bertz CT molecular complexity index is 750. The molecule has 0 saturated heterocycles. The number of benzene rings is 1. The molecular weight excluding hydrogens is 345 g/mol. The first-order chi connectivity index (χ1) is 9.28. The van der Waals surface area contributed by atoms with E-state index in [9.17, 15) is 13.2 Å². The fraction of sp³-hybridized carbons (Fsp3) is 0. The van der Waals surface area contributed by atoms with E-state index in [-0.39, 0.29) is 24.8 Å². The van der Waals surface area contributed by atoms with Crippen molar-refractivity contribution < 1.29 is 18.3 Å². The van der Waals surface area contributed by atoms with Crippen LogP contribution in [0.4, 0.5) is 5.69 Å². The Morgan fingerprint density at radius 2 is 1.75 bits per heavy atom. The van der Waals surface area contributed by atoms with E-state index < -0.39 is 16.0 Å². The predicted octanol–water partition coefficient (Wildman–Crippen LogP) is 3.55. The standard InChI is InChI=1S/C11H7Cl2NO4S2/c12-6-3-7(13)5-8(4-6)14-20(17,18)10-2-1-9(19-10)11(15)16/h1-5,14H,(H,15,16). The molecule has 0 spiro atoms. The summed E-state index contributed by atoms with van der Waals surface area (Å²) in [4.78, 5) is 10.7. The summed E-state index contributed by atoms with van der Waals surface area (Å²) < 4.78 is 26.3. The Labute approximate surface area is 128 Å². The molecule has 0 amide bonds. The maximum atomic E-state index is 12.1. The average molecular weight is 352 g/mol. The Kier molecular flexibility index (Phi) is 4.24. The molecule has 0 saturated carbocycles. The molecule has 0 atom stereocenters. The Morgan fingerprint density at radius 1 is 1.15 bits per heavy atom. The number of hydrogen-bond donors (Lipinski definition) is 2. The first-order valence-corrected chi connectivity index (χ1v) is 8.15. The third kappa shape index (κ3) is 3.43. The number of rotatable bonds is 4. The number of halogens is 2. The van der Waals surface area contributed by atoms with Gasteiger partial charge in [-0.05, 0) is 30.3 Å². The Morgan fingerprint density at radius 3 is 2.25 bits per heavy atom. The highest BCUT2D eigenvalue weighted by molar-refractivity contribution is 7.94. The molecule has 5 nitrogen and oxygen atoms in total. The van der Waals surface area contributed by atoms with E-state index in [2.05, 4.69) is 4.72 Å². The van der Waals surface area contributed by atoms with Crippen LogP contribution < -0.4 is 4.72 Å². The van der Waals surface area contributed by atoms with Crippen LogP contribution in [0, 0.1) is 0 Å². The van der Waals surface area contributed by atoms with Crippen molar-refractivity contribution in [2.45, 2.75) is 4.21 Å². The van der Waals surface area contributed by atoms with Crippen molar-refractivity contribution in [1.29, 1.82) is 0 Å². The third-order valence-corrected chi connectivity index (χ3v) is 5.55. The first-order valence-electron chi connectivity index (χ1n) is 5.10. The molecule has 2 N–H and O–H groups in total. The van der Waals surface area contributed by atoms with Gasteiger partial charge in [0.25, 0.3) is 10.0 Å². The van der Waals surface area contributed by atoms with E-state index >= 15 is 0 Å². The number of thiophene rings is 1. The molecule has 106 valence electrons. The summed E-state index contributed by atoms with van der Waals surface area (Å²) in [7, 11) is -3.87. The third-order valence-electron chi connectivity index (χ3n) is 2.17. The van der Waals surface area contributed by atoms with Gasteiger partial charge in [0.15, 0.2) is 0 Å². The molecule has 0 bridgehead atoms. The van der Waals surface area contributed by atoms with Crippen LogP contribution in [0.15, 0.2) is 34.5 Å². The smallest absolute Gasteiger partial charge is 0.345 e. The SMILES string of the molecule is O=C(O)c1ccc(S(=O)(=O)Nc2cc(Cl)cc(Cl)c2)s1. The van der Waals surface area contributed by atoms with Crippen LogP contribution in [0.3, 0.4) is 0 Å². The van der Waals surface area contributed by atoms with Crippen LogP contribution in [0.2, 0.25) is 10.0 Å². The Balaban J connectivity index is 2.32. The van der Waals surface area contributed by atoms with Crippen molar-refractivity contribution in [1.82, 2.24) is 0 Å². The van der Waals surface area contributed by atoms with E-state index in [0.717, 1.165) is 0 Å². The van der Waals surface area contributed by atoms with E-state index in [0.29, 0.717) is 11.3 Å². The number of hydrogen-bond acceptors (Lipinski definition) is 4. The van der Waals surface area contributed by atoms with Crippen molar-refractivity contribution in [2.24, 2.45) is 0 Å². The van der Waals surface area contributed by atoms with Crippen molar-refractivity contribution in [3.8, 4) is 0 Å². The molecule has 1 aromatic heterocycles. The molecule has 0 fully saturated rings. The lowest BCUT2D eigenvalue weighted by Gasteiger charge is -2.07. The molecule has 20 heavy (non-hydrogen) atoms. The second-order valence-electron chi connectivity index (χ2n) is 3.69. The van der Waals surface area contributed by atoms with Crippen LogP contribution >= 0.6 is 34.5 Å². The molecule has 0 radical (unpaired) electrons. The number of nitrogens with one attached hydrogen (secondary N) is 1. The number of carboxylic acid groups (broad SMARTS) is 1. The minimum atomic E-state index is -3.87. The van der Waals surface area contributed by atoms with Gasteiger partial charge in [0.1, 0.15) is 9.09 Å². The van der Waals surface area contributed by atoms with Gasteiger partial charge in [0.2, 0.25) is 0 Å². The fourth-order valence-corrected chi connectivity index (χ4v) is 4.11. The van der Waals surface area contributed by atoms with Crippen LogP contribution in [0.25, 0.3) is 0 Å². The minimum Gasteiger partial charge on any atom is -0.477 e. The summed E-state index contributed by atoms with van der Waals surface area (Å²) in [6.45, 7) is 0. The van der Waals surface area contributed by atoms with Crippen LogP contribution in [0.1, 0.15) is 9.67 Å². The zero-order chi connectivity index (χ0) is 14.9. The average Bonchev–Trinajstić information content (AvgIpc) is 2.76. The quantitative estimate of drug-likeness (QED) is 0.881. The van der Waals surface area contributed by atoms with Gasteiger partial charge in [-0.2, -0.15) is 0 Å². The molecular formula is C11H7Cl2NO4S2. The first kappa shape index (κ1) is 15.1. The summed E-state index contributed by atoms with van der Waals surface area (Å²) >= 11 is 12.2. The molecule has 0 unspecified atom stereocenters. The molecule has 9 heteroatoms. The summed E-state index contributed by atoms with van der Waals surface area (Å²) in [5.74, 6) is -1.18. The second kappa shape index (κ2) is 5.61. The summed E-state index contributed by atoms with van der Waals surface area (Å²) in [6.07, 6.45) is 0. The van der Waals surface area contributed by atoms with Gasteiger partial charge in [-0.3, -0.25) is 4.72 Å². The molecule has 0 aliphatic heterocycles. The monoisotopic (exact) mass is 351 g/mol. The van der Waals surface area contributed by atoms with E-state index in [1.54, 1.807) is 0 Å². The Hall–Kier alpha value is -1.28. The van der Waals surface area contributed by atoms with Gasteiger partial charge in [-0.1, -0.05) is 23.2 Å². The highest BCUT2D eigenvalue weighted by Crippen LogP contribution is 2.27. The van der Waals surface area contributed by atoms with Gasteiger partial charge in [-0.15, -0.1) is 11.3 Å². The van der Waals surface area contributed by atoms with Gasteiger partial charge in [-0.25, -0.2) is 13.2 Å². The van der Waals surface area contributed by atoms with E-state index in [1.807, 2.05) is 0 Å². The largest absolute Gasteiger partial charge is 0.477 e. The molecule has 1 heterocycles. The maximum Gasteiger partial charge on any atom is 0.345 e. The number of carboxylic acids is 1. The lowest BCUT2D eigenvalue weighted by molar-refractivity contribution is 0.0702. The fourth-order valence-electron chi connectivity index (χ4n) is 1.40. The van der Waals surface area contributed by atoms with Gasteiger partial charge in [0.05, 0.1) is 5.69 Å². The van der Waals surface area contributed by atoms with Crippen LogP contribution in [-0.4, -0.2) is 19.5 Å². The molecule has 2 aromatic rings. The van der Waals surface area contributed by atoms with E-state index in [1.165, 1.54) is 30.3 Å². The summed E-state index contributed by atoms with van der Waals surface area (Å²) in [6, 6.07) is 6.72. The maximum absolute atomic E-state index is 12.1. The van der Waals surface area contributed by atoms with Gasteiger partial charge >= 0.3 is 5.97 Å². The molecule has 0 aliphatic rings. The number of anilines is 1. The van der Waals surface area contributed by atoms with Gasteiger partial charge < -0.3 is 5.11 Å². The number of sulfonamides is 1. The normalized spacial score (nSPS) is 11.3. The molecule has 1 aromatic carbocycles. The van der Waals surface area contributed by atoms with E-state index in [4.69, 9.17) is 28.3 Å². The van der Waals surface area contributed by atoms with Crippen molar-refractivity contribution in [3.63, 3.8) is 0 Å². The topological polar surface area (TPSA) is 83.5 Å². The second-order valence-corrected chi connectivity index (χ2v) is 7.55. The summed E-state index contributed by atoms with van der Waals surface area (Å²) in [5.41, 5.74) is 0.202. The number of aromatic carboxylic acids is 1. The van der Waals surface area contributed by atoms with Gasteiger partial charge in [0, 0.05) is 10.0 Å². The lowest BCUT2D eigenvalue weighted by atomic mass is 10.3. The number of carbonyl (C=O) groups is 1. The van der Waals surface area contributed by atoms with Crippen LogP contribution in [-0.2, 0) is 10.0 Å². The minimum absolute atomic E-state index is 0.0606. The zero-order valence-electron chi connectivity index (χ0n) is 9.63. The molecule has 2 rings (SSSR count). The predicted molar refractivity (Wildman–Crippen MR) is 78.5 cm³/mol. The highest BCUT2D eigenvalue weighted by Gasteiger charge is 2.19. The molecule has 0 aliphatic carbocycles.